The second-order valence-corrected chi connectivity index (χ2v) is 4.29. The molecule has 0 saturated heterocycles. The SMILES string of the molecule is Oc1ccc(C2(O)CCCCC2)c(O)c1. The van der Waals surface area contributed by atoms with E-state index in [0.717, 1.165) is 19.3 Å². The standard InChI is InChI=1S/C12H16O3/c13-9-4-5-10(11(14)8-9)12(15)6-2-1-3-7-12/h4-5,8,13-15H,1-3,6-7H2. The second-order valence-electron chi connectivity index (χ2n) is 4.29. The van der Waals surface area contributed by atoms with Crippen molar-refractivity contribution in [2.24, 2.45) is 0 Å². The second kappa shape index (κ2) is 3.74. The first kappa shape index (κ1) is 10.3. The van der Waals surface area contributed by atoms with Crippen LogP contribution in [0, 0.1) is 0 Å². The van der Waals surface area contributed by atoms with E-state index in [1.165, 1.54) is 12.1 Å². The normalized spacial score (nSPS) is 20.1. The van der Waals surface area contributed by atoms with Crippen molar-refractivity contribution < 1.29 is 15.3 Å². The van der Waals surface area contributed by atoms with Crippen LogP contribution in [-0.4, -0.2) is 15.3 Å². The van der Waals surface area contributed by atoms with E-state index in [4.69, 9.17) is 0 Å². The van der Waals surface area contributed by atoms with Crippen molar-refractivity contribution in [1.29, 1.82) is 0 Å². The molecule has 0 heterocycles. The van der Waals surface area contributed by atoms with Crippen LogP contribution in [0.4, 0.5) is 0 Å². The molecular weight excluding hydrogens is 192 g/mol. The van der Waals surface area contributed by atoms with Crippen molar-refractivity contribution in [3.63, 3.8) is 0 Å². The molecule has 1 fully saturated rings. The summed E-state index contributed by atoms with van der Waals surface area (Å²) in [6.45, 7) is 0. The van der Waals surface area contributed by atoms with Crippen LogP contribution < -0.4 is 0 Å². The number of phenolic OH excluding ortho intramolecular Hbond substituents is 2. The summed E-state index contributed by atoms with van der Waals surface area (Å²) < 4.78 is 0. The Balaban J connectivity index is 2.35. The third-order valence-electron chi connectivity index (χ3n) is 3.16. The first-order chi connectivity index (χ1) is 7.12. The molecule has 0 atom stereocenters. The Labute approximate surface area is 89.0 Å². The van der Waals surface area contributed by atoms with Crippen LogP contribution in [0.2, 0.25) is 0 Å². The molecule has 15 heavy (non-hydrogen) atoms. The molecular formula is C12H16O3. The minimum Gasteiger partial charge on any atom is -0.508 e. The minimum atomic E-state index is -0.907. The van der Waals surface area contributed by atoms with Crippen LogP contribution in [0.15, 0.2) is 18.2 Å². The number of benzene rings is 1. The van der Waals surface area contributed by atoms with Crippen molar-refractivity contribution in [3.8, 4) is 11.5 Å². The van der Waals surface area contributed by atoms with Gasteiger partial charge in [0.05, 0.1) is 5.60 Å². The molecule has 1 aliphatic rings. The van der Waals surface area contributed by atoms with Crippen molar-refractivity contribution in [1.82, 2.24) is 0 Å². The average molecular weight is 208 g/mol. The number of hydrogen-bond acceptors (Lipinski definition) is 3. The van der Waals surface area contributed by atoms with Crippen molar-refractivity contribution in [2.45, 2.75) is 37.7 Å². The zero-order valence-corrected chi connectivity index (χ0v) is 8.61. The van der Waals surface area contributed by atoms with Gasteiger partial charge >= 0.3 is 0 Å². The predicted molar refractivity (Wildman–Crippen MR) is 56.8 cm³/mol. The molecule has 0 aromatic heterocycles. The highest BCUT2D eigenvalue weighted by Gasteiger charge is 2.33. The highest BCUT2D eigenvalue weighted by Crippen LogP contribution is 2.41. The molecule has 1 saturated carbocycles. The highest BCUT2D eigenvalue weighted by atomic mass is 16.3. The molecule has 0 bridgehead atoms. The van der Waals surface area contributed by atoms with Gasteiger partial charge in [0, 0.05) is 11.6 Å². The van der Waals surface area contributed by atoms with Crippen LogP contribution in [0.1, 0.15) is 37.7 Å². The largest absolute Gasteiger partial charge is 0.508 e. The molecule has 0 unspecified atom stereocenters. The van der Waals surface area contributed by atoms with Crippen LogP contribution in [0.5, 0.6) is 11.5 Å². The molecule has 1 aromatic rings. The number of aliphatic hydroxyl groups is 1. The number of phenols is 2. The van der Waals surface area contributed by atoms with Crippen LogP contribution >= 0.6 is 0 Å². The van der Waals surface area contributed by atoms with Gasteiger partial charge in [-0.25, -0.2) is 0 Å². The van der Waals surface area contributed by atoms with Crippen LogP contribution in [-0.2, 0) is 5.60 Å². The molecule has 3 heteroatoms. The van der Waals surface area contributed by atoms with Gasteiger partial charge in [-0.1, -0.05) is 19.3 Å². The number of aromatic hydroxyl groups is 2. The molecule has 82 valence electrons. The summed E-state index contributed by atoms with van der Waals surface area (Å²) in [6.07, 6.45) is 4.48. The van der Waals surface area contributed by atoms with Gasteiger partial charge in [0.1, 0.15) is 11.5 Å². The number of rotatable bonds is 1. The third-order valence-corrected chi connectivity index (χ3v) is 3.16. The van der Waals surface area contributed by atoms with Crippen LogP contribution in [0.3, 0.4) is 0 Å². The quantitative estimate of drug-likeness (QED) is 0.663. The highest BCUT2D eigenvalue weighted by molar-refractivity contribution is 5.42. The summed E-state index contributed by atoms with van der Waals surface area (Å²) in [5.41, 5.74) is -0.365. The molecule has 1 aromatic carbocycles. The Kier molecular flexibility index (Phi) is 2.57. The lowest BCUT2D eigenvalue weighted by molar-refractivity contribution is -0.00255. The van der Waals surface area contributed by atoms with Gasteiger partial charge in [-0.15, -0.1) is 0 Å². The fourth-order valence-electron chi connectivity index (χ4n) is 2.32. The lowest BCUT2D eigenvalue weighted by atomic mass is 9.79. The number of hydrogen-bond donors (Lipinski definition) is 3. The molecule has 3 N–H and O–H groups in total. The third kappa shape index (κ3) is 1.92. The van der Waals surface area contributed by atoms with E-state index in [1.807, 2.05) is 0 Å². The minimum absolute atomic E-state index is 0.0144. The topological polar surface area (TPSA) is 60.7 Å². The van der Waals surface area contributed by atoms with Gasteiger partial charge < -0.3 is 15.3 Å². The zero-order chi connectivity index (χ0) is 10.9. The van der Waals surface area contributed by atoms with Gasteiger partial charge in [0.15, 0.2) is 0 Å². The monoisotopic (exact) mass is 208 g/mol. The van der Waals surface area contributed by atoms with E-state index in [9.17, 15) is 15.3 Å². The maximum Gasteiger partial charge on any atom is 0.125 e. The summed E-state index contributed by atoms with van der Waals surface area (Å²) in [4.78, 5) is 0. The van der Waals surface area contributed by atoms with Gasteiger partial charge in [0.2, 0.25) is 0 Å². The van der Waals surface area contributed by atoms with E-state index >= 15 is 0 Å². The van der Waals surface area contributed by atoms with E-state index in [0.29, 0.717) is 18.4 Å². The maximum atomic E-state index is 10.4. The Hall–Kier alpha value is -1.22. The molecule has 0 radical (unpaired) electrons. The summed E-state index contributed by atoms with van der Waals surface area (Å²) in [5, 5.41) is 29.2. The van der Waals surface area contributed by atoms with E-state index in [1.54, 1.807) is 6.07 Å². The molecule has 1 aliphatic carbocycles. The maximum absolute atomic E-state index is 10.4. The summed E-state index contributed by atoms with van der Waals surface area (Å²) >= 11 is 0. The molecule has 0 aliphatic heterocycles. The van der Waals surface area contributed by atoms with Gasteiger partial charge in [-0.2, -0.15) is 0 Å². The Morgan fingerprint density at radius 2 is 1.67 bits per heavy atom. The summed E-state index contributed by atoms with van der Waals surface area (Å²) in [6, 6.07) is 4.39. The Bertz CT molecular complexity index is 354. The van der Waals surface area contributed by atoms with Gasteiger partial charge in [-0.05, 0) is 25.0 Å². The zero-order valence-electron chi connectivity index (χ0n) is 8.61. The molecule has 3 nitrogen and oxygen atoms in total. The molecule has 0 amide bonds. The molecule has 0 spiro atoms. The average Bonchev–Trinajstić information content (AvgIpc) is 2.18. The fourth-order valence-corrected chi connectivity index (χ4v) is 2.32. The summed E-state index contributed by atoms with van der Waals surface area (Å²) in [7, 11) is 0. The van der Waals surface area contributed by atoms with Gasteiger partial charge in [-0.3, -0.25) is 0 Å². The first-order valence-electron chi connectivity index (χ1n) is 5.37. The van der Waals surface area contributed by atoms with E-state index in [-0.39, 0.29) is 11.5 Å². The fraction of sp³-hybridized carbons (Fsp3) is 0.500. The van der Waals surface area contributed by atoms with Gasteiger partial charge in [0.25, 0.3) is 0 Å². The molecule has 2 rings (SSSR count). The smallest absolute Gasteiger partial charge is 0.125 e. The predicted octanol–water partition coefficient (Wildman–Crippen LogP) is 2.25. The Morgan fingerprint density at radius 1 is 1.00 bits per heavy atom. The van der Waals surface area contributed by atoms with Crippen molar-refractivity contribution in [3.05, 3.63) is 23.8 Å². The van der Waals surface area contributed by atoms with Crippen molar-refractivity contribution in [2.75, 3.05) is 0 Å². The Morgan fingerprint density at radius 3 is 2.27 bits per heavy atom. The lowest BCUT2D eigenvalue weighted by Gasteiger charge is -2.32. The lowest BCUT2D eigenvalue weighted by Crippen LogP contribution is -2.28. The van der Waals surface area contributed by atoms with E-state index in [2.05, 4.69) is 0 Å². The van der Waals surface area contributed by atoms with E-state index < -0.39 is 5.60 Å². The first-order valence-corrected chi connectivity index (χ1v) is 5.37. The van der Waals surface area contributed by atoms with Crippen molar-refractivity contribution >= 4 is 0 Å². The van der Waals surface area contributed by atoms with Crippen LogP contribution in [0.25, 0.3) is 0 Å². The summed E-state index contributed by atoms with van der Waals surface area (Å²) in [5.74, 6) is 0.00931.